The van der Waals surface area contributed by atoms with Crippen LogP contribution in [0, 0.1) is 0 Å². The van der Waals surface area contributed by atoms with E-state index in [4.69, 9.17) is 14.2 Å². The second-order valence-electron chi connectivity index (χ2n) is 5.42. The Labute approximate surface area is 138 Å². The molecule has 1 atom stereocenters. The van der Waals surface area contributed by atoms with Crippen LogP contribution in [0.15, 0.2) is 36.4 Å². The molecule has 1 aliphatic heterocycles. The van der Waals surface area contributed by atoms with Crippen LogP contribution in [0.4, 0.5) is 0 Å². The second kappa shape index (κ2) is 6.23. The van der Waals surface area contributed by atoms with Gasteiger partial charge in [0.25, 0.3) is 0 Å². The van der Waals surface area contributed by atoms with Gasteiger partial charge in [-0.1, -0.05) is 12.1 Å². The molecule has 1 N–H and O–H groups in total. The van der Waals surface area contributed by atoms with Gasteiger partial charge in [-0.05, 0) is 17.7 Å². The van der Waals surface area contributed by atoms with E-state index in [0.29, 0.717) is 11.5 Å². The molecule has 0 fully saturated rings. The van der Waals surface area contributed by atoms with E-state index in [1.54, 1.807) is 30.3 Å². The van der Waals surface area contributed by atoms with Crippen molar-refractivity contribution in [1.29, 1.82) is 0 Å². The van der Waals surface area contributed by atoms with Crippen LogP contribution < -0.4 is 14.2 Å². The van der Waals surface area contributed by atoms with E-state index in [9.17, 15) is 14.7 Å². The fraction of sp³-hybridized carbons (Fsp3) is 0.222. The number of Topliss-reactive ketones (excluding diaryl/α,β-unsaturated/α-hetero) is 1. The van der Waals surface area contributed by atoms with Crippen molar-refractivity contribution < 1.29 is 28.9 Å². The minimum absolute atomic E-state index is 0.111. The Balaban J connectivity index is 1.88. The Morgan fingerprint density at radius 3 is 2.54 bits per heavy atom. The number of phenols is 1. The highest BCUT2D eigenvalue weighted by Gasteiger charge is 2.30. The standard InChI is InChI=1S/C18H16O6/c1-10(19)23-12-5-3-11(4-6-12)16-9-15(21)18-14(20)7-13(22-2)8-17(18)24-16/h3-8,16,20H,9H2,1-2H3. The van der Waals surface area contributed by atoms with Gasteiger partial charge in [0.05, 0.1) is 13.5 Å². The van der Waals surface area contributed by atoms with Crippen molar-refractivity contribution in [3.8, 4) is 23.0 Å². The van der Waals surface area contributed by atoms with Gasteiger partial charge in [-0.2, -0.15) is 0 Å². The lowest BCUT2D eigenvalue weighted by Gasteiger charge is -2.26. The molecule has 0 saturated heterocycles. The average Bonchev–Trinajstić information content (AvgIpc) is 2.54. The van der Waals surface area contributed by atoms with Crippen molar-refractivity contribution in [2.75, 3.05) is 7.11 Å². The molecule has 1 aliphatic rings. The van der Waals surface area contributed by atoms with E-state index in [2.05, 4.69) is 0 Å². The Bertz CT molecular complexity index is 794. The molecule has 6 heteroatoms. The number of rotatable bonds is 3. The summed E-state index contributed by atoms with van der Waals surface area (Å²) >= 11 is 0. The predicted molar refractivity (Wildman–Crippen MR) is 84.7 cm³/mol. The first-order valence-corrected chi connectivity index (χ1v) is 7.37. The van der Waals surface area contributed by atoms with Gasteiger partial charge in [0.2, 0.25) is 0 Å². The Morgan fingerprint density at radius 1 is 1.21 bits per heavy atom. The molecule has 0 bridgehead atoms. The highest BCUT2D eigenvalue weighted by molar-refractivity contribution is 6.02. The number of carbonyl (C=O) groups is 2. The van der Waals surface area contributed by atoms with Crippen LogP contribution in [-0.2, 0) is 4.79 Å². The minimum atomic E-state index is -0.483. The first-order valence-electron chi connectivity index (χ1n) is 7.37. The summed E-state index contributed by atoms with van der Waals surface area (Å²) in [4.78, 5) is 23.3. The van der Waals surface area contributed by atoms with Gasteiger partial charge in [-0.25, -0.2) is 0 Å². The first kappa shape index (κ1) is 15.9. The second-order valence-corrected chi connectivity index (χ2v) is 5.42. The quantitative estimate of drug-likeness (QED) is 0.689. The number of ketones is 1. The Hall–Kier alpha value is -3.02. The molecule has 6 nitrogen and oxygen atoms in total. The molecule has 0 aromatic heterocycles. The summed E-state index contributed by atoms with van der Waals surface area (Å²) < 4.78 is 15.9. The van der Waals surface area contributed by atoms with Crippen LogP contribution in [0.1, 0.15) is 35.4 Å². The summed E-state index contributed by atoms with van der Waals surface area (Å²) in [7, 11) is 1.47. The third-order valence-electron chi connectivity index (χ3n) is 3.72. The molecule has 1 unspecified atom stereocenters. The third-order valence-corrected chi connectivity index (χ3v) is 3.72. The minimum Gasteiger partial charge on any atom is -0.507 e. The number of carbonyl (C=O) groups excluding carboxylic acids is 2. The van der Waals surface area contributed by atoms with Gasteiger partial charge >= 0.3 is 5.97 Å². The maximum Gasteiger partial charge on any atom is 0.308 e. The molecule has 0 aliphatic carbocycles. The van der Waals surface area contributed by atoms with Gasteiger partial charge in [0.15, 0.2) is 5.78 Å². The smallest absolute Gasteiger partial charge is 0.308 e. The number of esters is 1. The van der Waals surface area contributed by atoms with Gasteiger partial charge in [0, 0.05) is 19.1 Å². The number of ether oxygens (including phenoxy) is 3. The zero-order valence-electron chi connectivity index (χ0n) is 13.2. The van der Waals surface area contributed by atoms with Gasteiger partial charge in [0.1, 0.15) is 34.7 Å². The van der Waals surface area contributed by atoms with Crippen LogP contribution in [0.5, 0.6) is 23.0 Å². The van der Waals surface area contributed by atoms with E-state index in [0.717, 1.165) is 5.56 Å². The fourth-order valence-corrected chi connectivity index (χ4v) is 2.63. The molecule has 2 aromatic carbocycles. The van der Waals surface area contributed by atoms with Crippen molar-refractivity contribution in [1.82, 2.24) is 0 Å². The molecule has 0 radical (unpaired) electrons. The van der Waals surface area contributed by atoms with Crippen molar-refractivity contribution in [3.63, 3.8) is 0 Å². The lowest BCUT2D eigenvalue weighted by Crippen LogP contribution is -2.20. The lowest BCUT2D eigenvalue weighted by atomic mass is 9.95. The maximum absolute atomic E-state index is 12.4. The number of phenolic OH excluding ortho intramolecular Hbond substituents is 1. The monoisotopic (exact) mass is 328 g/mol. The van der Waals surface area contributed by atoms with Crippen LogP contribution in [0.3, 0.4) is 0 Å². The van der Waals surface area contributed by atoms with Crippen LogP contribution >= 0.6 is 0 Å². The third kappa shape index (κ3) is 3.03. The van der Waals surface area contributed by atoms with E-state index < -0.39 is 12.1 Å². The van der Waals surface area contributed by atoms with Crippen molar-refractivity contribution in [2.45, 2.75) is 19.4 Å². The summed E-state index contributed by atoms with van der Waals surface area (Å²) in [5.41, 5.74) is 0.941. The summed E-state index contributed by atoms with van der Waals surface area (Å²) in [5.74, 6) is 0.363. The number of hydrogen-bond donors (Lipinski definition) is 1. The van der Waals surface area contributed by atoms with Crippen LogP contribution in [-0.4, -0.2) is 24.0 Å². The number of benzene rings is 2. The average molecular weight is 328 g/mol. The summed E-state index contributed by atoms with van der Waals surface area (Å²) in [5, 5.41) is 9.99. The van der Waals surface area contributed by atoms with E-state index in [1.807, 2.05) is 0 Å². The molecular formula is C18H16O6. The molecule has 0 spiro atoms. The summed E-state index contributed by atoms with van der Waals surface area (Å²) in [6.45, 7) is 1.33. The van der Waals surface area contributed by atoms with E-state index in [1.165, 1.54) is 20.1 Å². The number of hydrogen-bond acceptors (Lipinski definition) is 6. The van der Waals surface area contributed by atoms with Crippen molar-refractivity contribution in [3.05, 3.63) is 47.5 Å². The van der Waals surface area contributed by atoms with Gasteiger partial charge in [-0.15, -0.1) is 0 Å². The lowest BCUT2D eigenvalue weighted by molar-refractivity contribution is -0.131. The molecule has 3 rings (SSSR count). The van der Waals surface area contributed by atoms with Crippen LogP contribution in [0.2, 0.25) is 0 Å². The normalized spacial score (nSPS) is 16.1. The van der Waals surface area contributed by atoms with Gasteiger partial charge in [-0.3, -0.25) is 9.59 Å². The molecule has 1 heterocycles. The van der Waals surface area contributed by atoms with Crippen LogP contribution in [0.25, 0.3) is 0 Å². The van der Waals surface area contributed by atoms with E-state index >= 15 is 0 Å². The predicted octanol–water partition coefficient (Wildman–Crippen LogP) is 3.03. The highest BCUT2D eigenvalue weighted by atomic mass is 16.5. The van der Waals surface area contributed by atoms with Crippen molar-refractivity contribution >= 4 is 11.8 Å². The zero-order valence-corrected chi connectivity index (χ0v) is 13.2. The molecular weight excluding hydrogens is 312 g/mol. The molecule has 2 aromatic rings. The summed E-state index contributed by atoms with van der Waals surface area (Å²) in [6.07, 6.45) is -0.373. The molecule has 0 saturated carbocycles. The Morgan fingerprint density at radius 2 is 1.92 bits per heavy atom. The first-order chi connectivity index (χ1) is 11.5. The largest absolute Gasteiger partial charge is 0.507 e. The Kier molecular flexibility index (Phi) is 4.12. The fourth-order valence-electron chi connectivity index (χ4n) is 2.63. The zero-order chi connectivity index (χ0) is 17.3. The number of methoxy groups -OCH3 is 1. The molecule has 0 amide bonds. The van der Waals surface area contributed by atoms with E-state index in [-0.39, 0.29) is 29.3 Å². The van der Waals surface area contributed by atoms with Crippen molar-refractivity contribution in [2.24, 2.45) is 0 Å². The summed E-state index contributed by atoms with van der Waals surface area (Å²) in [6, 6.07) is 9.72. The SMILES string of the molecule is COc1cc(O)c2c(c1)OC(c1ccc(OC(C)=O)cc1)CC2=O. The molecule has 124 valence electrons. The molecule has 24 heavy (non-hydrogen) atoms. The number of fused-ring (bicyclic) bond motifs is 1. The number of aromatic hydroxyl groups is 1. The van der Waals surface area contributed by atoms with Gasteiger partial charge < -0.3 is 19.3 Å². The highest BCUT2D eigenvalue weighted by Crippen LogP contribution is 2.41. The maximum atomic E-state index is 12.4. The topological polar surface area (TPSA) is 82.1 Å².